The highest BCUT2D eigenvalue weighted by Crippen LogP contribution is 2.31. The van der Waals surface area contributed by atoms with Crippen molar-refractivity contribution in [2.75, 3.05) is 0 Å². The monoisotopic (exact) mass is 295 g/mol. The summed E-state index contributed by atoms with van der Waals surface area (Å²) < 4.78 is 0. The Morgan fingerprint density at radius 3 is 2.63 bits per heavy atom. The third-order valence-electron chi connectivity index (χ3n) is 2.60. The highest BCUT2D eigenvalue weighted by molar-refractivity contribution is 7.15. The molecule has 2 aromatic heterocycles. The molecule has 0 spiro atoms. The summed E-state index contributed by atoms with van der Waals surface area (Å²) in [5, 5.41) is 7.71. The van der Waals surface area contributed by atoms with Crippen LogP contribution in [-0.2, 0) is 12.0 Å². The van der Waals surface area contributed by atoms with Gasteiger partial charge in [-0.3, -0.25) is 0 Å². The van der Waals surface area contributed by atoms with Gasteiger partial charge < -0.3 is 5.32 Å². The fourth-order valence-electron chi connectivity index (χ4n) is 1.53. The van der Waals surface area contributed by atoms with E-state index in [2.05, 4.69) is 50.3 Å². The Morgan fingerprint density at radius 1 is 1.32 bits per heavy atom. The maximum atomic E-state index is 4.71. The molecule has 0 saturated heterocycles. The van der Waals surface area contributed by atoms with E-state index in [1.54, 1.807) is 22.7 Å². The van der Waals surface area contributed by atoms with Crippen molar-refractivity contribution in [1.82, 2.24) is 15.3 Å². The van der Waals surface area contributed by atoms with Gasteiger partial charge in [0.25, 0.3) is 0 Å². The molecule has 0 bridgehead atoms. The van der Waals surface area contributed by atoms with Crippen LogP contribution in [0.2, 0.25) is 0 Å². The van der Waals surface area contributed by atoms with Gasteiger partial charge in [0.15, 0.2) is 0 Å². The zero-order chi connectivity index (χ0) is 14.0. The summed E-state index contributed by atoms with van der Waals surface area (Å²) in [6.07, 6.45) is 1.95. The molecule has 0 aromatic carbocycles. The van der Waals surface area contributed by atoms with E-state index in [1.165, 1.54) is 9.88 Å². The van der Waals surface area contributed by atoms with Gasteiger partial charge in [0, 0.05) is 34.5 Å². The zero-order valence-electron chi connectivity index (χ0n) is 12.2. The Morgan fingerprint density at radius 2 is 2.05 bits per heavy atom. The van der Waals surface area contributed by atoms with Crippen molar-refractivity contribution >= 4 is 22.7 Å². The number of nitrogens with zero attached hydrogens (tertiary/aromatic N) is 2. The number of hydrogen-bond acceptors (Lipinski definition) is 5. The van der Waals surface area contributed by atoms with Gasteiger partial charge in [0.05, 0.1) is 5.01 Å². The van der Waals surface area contributed by atoms with Crippen LogP contribution < -0.4 is 5.32 Å². The van der Waals surface area contributed by atoms with Crippen molar-refractivity contribution < 1.29 is 0 Å². The van der Waals surface area contributed by atoms with E-state index in [9.17, 15) is 0 Å². The maximum absolute atomic E-state index is 4.71. The van der Waals surface area contributed by atoms with E-state index < -0.39 is 0 Å². The van der Waals surface area contributed by atoms with Crippen LogP contribution in [0.1, 0.15) is 44.5 Å². The molecule has 0 aliphatic carbocycles. The summed E-state index contributed by atoms with van der Waals surface area (Å²) >= 11 is 3.44. The minimum Gasteiger partial charge on any atom is -0.310 e. The van der Waals surface area contributed by atoms with Gasteiger partial charge in [-0.25, -0.2) is 9.97 Å². The van der Waals surface area contributed by atoms with Gasteiger partial charge in [0.2, 0.25) is 0 Å². The summed E-state index contributed by atoms with van der Waals surface area (Å²) in [6, 6.07) is 0.498. The van der Waals surface area contributed by atoms with Crippen molar-refractivity contribution in [3.8, 4) is 10.7 Å². The van der Waals surface area contributed by atoms with Crippen LogP contribution in [0.15, 0.2) is 11.6 Å². The van der Waals surface area contributed by atoms with Crippen molar-refractivity contribution in [2.45, 2.75) is 52.6 Å². The van der Waals surface area contributed by atoms with Gasteiger partial charge >= 0.3 is 0 Å². The molecule has 3 nitrogen and oxygen atoms in total. The molecule has 2 rings (SSSR count). The number of rotatable bonds is 4. The highest BCUT2D eigenvalue weighted by atomic mass is 32.1. The lowest BCUT2D eigenvalue weighted by molar-refractivity contribution is 0.586. The summed E-state index contributed by atoms with van der Waals surface area (Å²) in [7, 11) is 0. The zero-order valence-corrected chi connectivity index (χ0v) is 13.8. The van der Waals surface area contributed by atoms with Gasteiger partial charge in [-0.2, -0.15) is 0 Å². The average Bonchev–Trinajstić information content (AvgIpc) is 2.94. The van der Waals surface area contributed by atoms with Crippen LogP contribution in [0.25, 0.3) is 10.7 Å². The van der Waals surface area contributed by atoms with Gasteiger partial charge in [0.1, 0.15) is 10.7 Å². The maximum Gasteiger partial charge on any atom is 0.142 e. The smallest absolute Gasteiger partial charge is 0.142 e. The second-order valence-electron chi connectivity index (χ2n) is 5.96. The Labute approximate surface area is 123 Å². The molecule has 2 aromatic rings. The molecule has 0 unspecified atom stereocenters. The van der Waals surface area contributed by atoms with E-state index in [4.69, 9.17) is 4.98 Å². The van der Waals surface area contributed by atoms with Crippen LogP contribution in [0.5, 0.6) is 0 Å². The SMILES string of the molecule is CC(C)NCc1cnc(-c2csc(C(C)(C)C)n2)s1. The minimum absolute atomic E-state index is 0.113. The Hall–Kier alpha value is -0.780. The second kappa shape index (κ2) is 5.69. The lowest BCUT2D eigenvalue weighted by atomic mass is 9.98. The molecule has 0 fully saturated rings. The van der Waals surface area contributed by atoms with Crippen LogP contribution in [0.4, 0.5) is 0 Å². The molecular weight excluding hydrogens is 274 g/mol. The number of nitrogens with one attached hydrogen (secondary N) is 1. The first-order chi connectivity index (χ1) is 8.86. The summed E-state index contributed by atoms with van der Waals surface area (Å²) in [4.78, 5) is 10.4. The predicted molar refractivity (Wildman–Crippen MR) is 83.9 cm³/mol. The standard InChI is InChI=1S/C14H21N3S2/c1-9(2)15-6-10-7-16-12(19-10)11-8-18-13(17-11)14(3,4)5/h7-9,15H,6H2,1-5H3. The van der Waals surface area contributed by atoms with Crippen molar-refractivity contribution in [3.63, 3.8) is 0 Å². The van der Waals surface area contributed by atoms with Gasteiger partial charge in [-0.05, 0) is 0 Å². The number of thiazole rings is 2. The van der Waals surface area contributed by atoms with Crippen molar-refractivity contribution in [1.29, 1.82) is 0 Å². The van der Waals surface area contributed by atoms with E-state index in [-0.39, 0.29) is 5.41 Å². The summed E-state index contributed by atoms with van der Waals surface area (Å²) in [5.74, 6) is 0. The van der Waals surface area contributed by atoms with Crippen LogP contribution in [0, 0.1) is 0 Å². The molecule has 2 heterocycles. The predicted octanol–water partition coefficient (Wildman–Crippen LogP) is 4.06. The highest BCUT2D eigenvalue weighted by Gasteiger charge is 2.19. The van der Waals surface area contributed by atoms with Gasteiger partial charge in [-0.15, -0.1) is 22.7 Å². The Bertz CT molecular complexity index is 535. The third kappa shape index (κ3) is 3.84. The average molecular weight is 295 g/mol. The first-order valence-electron chi connectivity index (χ1n) is 6.50. The summed E-state index contributed by atoms with van der Waals surface area (Å²) in [5.41, 5.74) is 1.12. The number of aromatic nitrogens is 2. The third-order valence-corrected chi connectivity index (χ3v) is 4.89. The number of hydrogen-bond donors (Lipinski definition) is 1. The molecule has 19 heavy (non-hydrogen) atoms. The quantitative estimate of drug-likeness (QED) is 0.924. The molecule has 0 atom stereocenters. The largest absolute Gasteiger partial charge is 0.310 e. The molecule has 104 valence electrons. The van der Waals surface area contributed by atoms with E-state index in [0.717, 1.165) is 17.2 Å². The Kier molecular flexibility index (Phi) is 4.38. The molecule has 0 aliphatic rings. The Balaban J connectivity index is 2.12. The molecule has 0 saturated carbocycles. The van der Waals surface area contributed by atoms with Crippen LogP contribution in [0.3, 0.4) is 0 Å². The van der Waals surface area contributed by atoms with E-state index >= 15 is 0 Å². The second-order valence-corrected chi connectivity index (χ2v) is 7.93. The molecule has 5 heteroatoms. The normalized spacial score (nSPS) is 12.3. The lowest BCUT2D eigenvalue weighted by Crippen LogP contribution is -2.21. The molecule has 0 amide bonds. The molecule has 1 N–H and O–H groups in total. The first kappa shape index (κ1) is 14.6. The van der Waals surface area contributed by atoms with Crippen molar-refractivity contribution in [3.05, 3.63) is 21.5 Å². The minimum atomic E-state index is 0.113. The lowest BCUT2D eigenvalue weighted by Gasteiger charge is -2.13. The molecule has 0 radical (unpaired) electrons. The van der Waals surface area contributed by atoms with Crippen LogP contribution >= 0.6 is 22.7 Å². The summed E-state index contributed by atoms with van der Waals surface area (Å²) in [6.45, 7) is 11.8. The molecule has 0 aliphatic heterocycles. The fourth-order valence-corrected chi connectivity index (χ4v) is 3.32. The van der Waals surface area contributed by atoms with E-state index in [0.29, 0.717) is 6.04 Å². The first-order valence-corrected chi connectivity index (χ1v) is 8.20. The van der Waals surface area contributed by atoms with Crippen LogP contribution in [-0.4, -0.2) is 16.0 Å². The molecular formula is C14H21N3S2. The van der Waals surface area contributed by atoms with E-state index in [1.807, 2.05) is 6.20 Å². The fraction of sp³-hybridized carbons (Fsp3) is 0.571. The van der Waals surface area contributed by atoms with Gasteiger partial charge in [-0.1, -0.05) is 34.6 Å². The topological polar surface area (TPSA) is 37.8 Å². The van der Waals surface area contributed by atoms with Crippen molar-refractivity contribution in [2.24, 2.45) is 0 Å².